The summed E-state index contributed by atoms with van der Waals surface area (Å²) < 4.78 is 6.19. The Morgan fingerprint density at radius 1 is 1.47 bits per heavy atom. The lowest BCUT2D eigenvalue weighted by atomic mass is 9.91. The molecule has 0 aliphatic heterocycles. The van der Waals surface area contributed by atoms with Crippen molar-refractivity contribution in [3.63, 3.8) is 0 Å². The highest BCUT2D eigenvalue weighted by atomic mass is 79.9. The van der Waals surface area contributed by atoms with Crippen LogP contribution in [-0.2, 0) is 4.79 Å². The fraction of sp³-hybridized carbons (Fsp3) is 0.385. The number of carbonyl (C=O) groups excluding carboxylic acids is 1. The zero-order valence-corrected chi connectivity index (χ0v) is 11.7. The fourth-order valence-electron chi connectivity index (χ4n) is 1.08. The molecular formula is C13H14BrNO2. The van der Waals surface area contributed by atoms with Crippen LogP contribution in [0.5, 0.6) is 5.75 Å². The summed E-state index contributed by atoms with van der Waals surface area (Å²) in [6.07, 6.45) is 0. The van der Waals surface area contributed by atoms with Crippen LogP contribution in [0, 0.1) is 16.7 Å². The van der Waals surface area contributed by atoms with Crippen LogP contribution in [0.3, 0.4) is 0 Å². The van der Waals surface area contributed by atoms with Gasteiger partial charge in [0.15, 0.2) is 5.78 Å². The van der Waals surface area contributed by atoms with E-state index in [1.54, 1.807) is 18.2 Å². The maximum absolute atomic E-state index is 11.7. The molecule has 0 atom stereocenters. The molecule has 1 rings (SSSR count). The van der Waals surface area contributed by atoms with Crippen LogP contribution in [0.15, 0.2) is 22.7 Å². The average Bonchev–Trinajstić information content (AvgIpc) is 2.25. The van der Waals surface area contributed by atoms with Gasteiger partial charge >= 0.3 is 0 Å². The Bertz CT molecular complexity index is 469. The number of nitrogens with zero attached hydrogens (tertiary/aromatic N) is 1. The van der Waals surface area contributed by atoms with Gasteiger partial charge in [-0.05, 0) is 18.2 Å². The van der Waals surface area contributed by atoms with Gasteiger partial charge < -0.3 is 4.74 Å². The Morgan fingerprint density at radius 2 is 2.12 bits per heavy atom. The largest absolute Gasteiger partial charge is 0.484 e. The summed E-state index contributed by atoms with van der Waals surface area (Å²) in [5.41, 5.74) is -0.0107. The van der Waals surface area contributed by atoms with E-state index in [1.165, 1.54) is 0 Å². The molecule has 1 aromatic carbocycles. The number of ketones is 1. The number of benzene rings is 1. The molecule has 3 nitrogen and oxygen atoms in total. The van der Waals surface area contributed by atoms with Crippen LogP contribution in [0.4, 0.5) is 0 Å². The first-order chi connectivity index (χ1) is 7.84. The molecule has 0 saturated carbocycles. The molecule has 0 amide bonds. The molecule has 0 bridgehead atoms. The van der Waals surface area contributed by atoms with Crippen molar-refractivity contribution in [2.75, 3.05) is 6.61 Å². The first kappa shape index (κ1) is 13.7. The van der Waals surface area contributed by atoms with Gasteiger partial charge in [0.25, 0.3) is 0 Å². The molecule has 0 aromatic heterocycles. The quantitative estimate of drug-likeness (QED) is 0.859. The molecule has 0 N–H and O–H groups in total. The molecule has 0 fully saturated rings. The van der Waals surface area contributed by atoms with Gasteiger partial charge in [-0.2, -0.15) is 5.26 Å². The number of ether oxygens (including phenoxy) is 1. The Labute approximate surface area is 110 Å². The number of carbonyl (C=O) groups is 1. The third kappa shape index (κ3) is 3.86. The number of hydrogen-bond donors (Lipinski definition) is 0. The zero-order valence-electron chi connectivity index (χ0n) is 10.1. The van der Waals surface area contributed by atoms with Gasteiger partial charge in [0, 0.05) is 9.89 Å². The molecular weight excluding hydrogens is 282 g/mol. The van der Waals surface area contributed by atoms with E-state index in [4.69, 9.17) is 10.00 Å². The molecule has 90 valence electrons. The standard InChI is InChI=1S/C13H14BrNO2/c1-13(2,3)12(16)8-17-11-5-4-10(14)6-9(11)7-15/h4-6H,8H2,1-3H3. The Kier molecular flexibility index (Phi) is 4.30. The van der Waals surface area contributed by atoms with E-state index in [-0.39, 0.29) is 12.4 Å². The summed E-state index contributed by atoms with van der Waals surface area (Å²) in [6, 6.07) is 7.15. The van der Waals surface area contributed by atoms with E-state index in [0.717, 1.165) is 4.47 Å². The molecule has 17 heavy (non-hydrogen) atoms. The van der Waals surface area contributed by atoms with E-state index in [2.05, 4.69) is 15.9 Å². The maximum atomic E-state index is 11.7. The van der Waals surface area contributed by atoms with Gasteiger partial charge in [-0.1, -0.05) is 36.7 Å². The monoisotopic (exact) mass is 295 g/mol. The van der Waals surface area contributed by atoms with E-state index < -0.39 is 5.41 Å². The molecule has 4 heteroatoms. The van der Waals surface area contributed by atoms with E-state index in [9.17, 15) is 4.79 Å². The normalized spacial score (nSPS) is 10.8. The molecule has 0 saturated heterocycles. The number of hydrogen-bond acceptors (Lipinski definition) is 3. The summed E-state index contributed by atoms with van der Waals surface area (Å²) in [5.74, 6) is 0.442. The third-order valence-corrected chi connectivity index (χ3v) is 2.75. The van der Waals surface area contributed by atoms with Crippen molar-refractivity contribution < 1.29 is 9.53 Å². The van der Waals surface area contributed by atoms with Crippen LogP contribution in [0.2, 0.25) is 0 Å². The highest BCUT2D eigenvalue weighted by molar-refractivity contribution is 9.10. The minimum atomic E-state index is -0.428. The van der Waals surface area contributed by atoms with Gasteiger partial charge in [-0.15, -0.1) is 0 Å². The second-order valence-electron chi connectivity index (χ2n) is 4.71. The van der Waals surface area contributed by atoms with Crippen molar-refractivity contribution in [1.82, 2.24) is 0 Å². The first-order valence-corrected chi connectivity index (χ1v) is 5.99. The smallest absolute Gasteiger partial charge is 0.175 e. The van der Waals surface area contributed by atoms with Crippen molar-refractivity contribution in [1.29, 1.82) is 5.26 Å². The summed E-state index contributed by atoms with van der Waals surface area (Å²) >= 11 is 3.28. The second-order valence-corrected chi connectivity index (χ2v) is 5.63. The number of Topliss-reactive ketones (excluding diaryl/α,β-unsaturated/α-hetero) is 1. The van der Waals surface area contributed by atoms with Gasteiger partial charge in [0.2, 0.25) is 0 Å². The molecule has 0 aliphatic carbocycles. The maximum Gasteiger partial charge on any atom is 0.175 e. The lowest BCUT2D eigenvalue weighted by molar-refractivity contribution is -0.128. The topological polar surface area (TPSA) is 50.1 Å². The molecule has 0 heterocycles. The summed E-state index contributed by atoms with van der Waals surface area (Å²) in [7, 11) is 0. The van der Waals surface area contributed by atoms with Crippen LogP contribution >= 0.6 is 15.9 Å². The number of halogens is 1. The van der Waals surface area contributed by atoms with E-state index in [0.29, 0.717) is 11.3 Å². The van der Waals surface area contributed by atoms with Crippen LogP contribution < -0.4 is 4.74 Å². The van der Waals surface area contributed by atoms with Crippen molar-refractivity contribution in [2.24, 2.45) is 5.41 Å². The van der Waals surface area contributed by atoms with Crippen molar-refractivity contribution in [3.8, 4) is 11.8 Å². The predicted octanol–water partition coefficient (Wildman–Crippen LogP) is 3.31. The van der Waals surface area contributed by atoms with Crippen LogP contribution in [0.25, 0.3) is 0 Å². The van der Waals surface area contributed by atoms with E-state index >= 15 is 0 Å². The Balaban J connectivity index is 2.77. The van der Waals surface area contributed by atoms with Crippen LogP contribution in [0.1, 0.15) is 26.3 Å². The van der Waals surface area contributed by atoms with Crippen molar-refractivity contribution in [2.45, 2.75) is 20.8 Å². The van der Waals surface area contributed by atoms with Crippen molar-refractivity contribution >= 4 is 21.7 Å². The molecule has 1 aromatic rings. The highest BCUT2D eigenvalue weighted by Crippen LogP contribution is 2.23. The first-order valence-electron chi connectivity index (χ1n) is 5.20. The SMILES string of the molecule is CC(C)(C)C(=O)COc1ccc(Br)cc1C#N. The number of nitriles is 1. The minimum absolute atomic E-state index is 0.00399. The van der Waals surface area contributed by atoms with Gasteiger partial charge in [-0.3, -0.25) is 4.79 Å². The average molecular weight is 296 g/mol. The zero-order chi connectivity index (χ0) is 13.1. The van der Waals surface area contributed by atoms with Crippen LogP contribution in [-0.4, -0.2) is 12.4 Å². The molecule has 0 spiro atoms. The lowest BCUT2D eigenvalue weighted by Gasteiger charge is -2.17. The predicted molar refractivity (Wildman–Crippen MR) is 68.8 cm³/mol. The third-order valence-electron chi connectivity index (χ3n) is 2.26. The van der Waals surface area contributed by atoms with Gasteiger partial charge in [0.05, 0.1) is 5.56 Å². The fourth-order valence-corrected chi connectivity index (χ4v) is 1.44. The Hall–Kier alpha value is -1.34. The number of rotatable bonds is 3. The summed E-state index contributed by atoms with van der Waals surface area (Å²) in [5, 5.41) is 8.93. The summed E-state index contributed by atoms with van der Waals surface area (Å²) in [6.45, 7) is 5.50. The highest BCUT2D eigenvalue weighted by Gasteiger charge is 2.21. The van der Waals surface area contributed by atoms with E-state index in [1.807, 2.05) is 26.8 Å². The summed E-state index contributed by atoms with van der Waals surface area (Å²) in [4.78, 5) is 11.7. The molecule has 0 aliphatic rings. The van der Waals surface area contributed by atoms with Gasteiger partial charge in [-0.25, -0.2) is 0 Å². The van der Waals surface area contributed by atoms with Crippen molar-refractivity contribution in [3.05, 3.63) is 28.2 Å². The minimum Gasteiger partial charge on any atom is -0.484 e. The molecule has 0 unspecified atom stereocenters. The molecule has 0 radical (unpaired) electrons. The lowest BCUT2D eigenvalue weighted by Crippen LogP contribution is -2.26. The van der Waals surface area contributed by atoms with Gasteiger partial charge in [0.1, 0.15) is 18.4 Å². The second kappa shape index (κ2) is 5.33. The Morgan fingerprint density at radius 3 is 2.65 bits per heavy atom.